The van der Waals surface area contributed by atoms with Gasteiger partial charge in [-0.05, 0) is 18.2 Å². The first-order chi connectivity index (χ1) is 6.27. The fourth-order valence-corrected chi connectivity index (χ4v) is 1.18. The van der Waals surface area contributed by atoms with Crippen LogP contribution >= 0.6 is 27.5 Å². The van der Waals surface area contributed by atoms with Gasteiger partial charge in [-0.1, -0.05) is 39.4 Å². The normalized spacial score (nSPS) is 8.77. The summed E-state index contributed by atoms with van der Waals surface area (Å²) in [5, 5.41) is 1.17. The third-order valence-electron chi connectivity index (χ3n) is 1.43. The molecule has 0 amide bonds. The second kappa shape index (κ2) is 5.06. The molecule has 0 radical (unpaired) electrons. The van der Waals surface area contributed by atoms with E-state index < -0.39 is 0 Å². The molecule has 1 aromatic rings. The first kappa shape index (κ1) is 10.3. The van der Waals surface area contributed by atoms with Gasteiger partial charge in [-0.2, -0.15) is 0 Å². The minimum atomic E-state index is 0.567. The Hall–Kier alpha value is -0.780. The number of rotatable bonds is 1. The molecule has 1 nitrogen and oxygen atoms in total. The van der Waals surface area contributed by atoms with E-state index in [4.69, 9.17) is 11.6 Å². The van der Waals surface area contributed by atoms with Gasteiger partial charge in [0.15, 0.2) is 6.29 Å². The highest BCUT2D eigenvalue weighted by Gasteiger charge is 1.98. The third kappa shape index (κ3) is 2.87. The molecule has 1 aromatic carbocycles. The molecule has 0 aromatic heterocycles. The van der Waals surface area contributed by atoms with Crippen LogP contribution in [0.4, 0.5) is 0 Å². The number of aldehydes is 1. The fourth-order valence-electron chi connectivity index (χ4n) is 0.868. The molecule has 1 rings (SSSR count). The Morgan fingerprint density at radius 3 is 2.92 bits per heavy atom. The van der Waals surface area contributed by atoms with Crippen molar-refractivity contribution in [3.63, 3.8) is 0 Å². The van der Waals surface area contributed by atoms with Gasteiger partial charge in [0.05, 0.1) is 5.33 Å². The molecular weight excluding hydrogens is 251 g/mol. The Morgan fingerprint density at radius 2 is 2.31 bits per heavy atom. The molecule has 3 heteroatoms. The van der Waals surface area contributed by atoms with Crippen molar-refractivity contribution in [2.75, 3.05) is 5.33 Å². The monoisotopic (exact) mass is 256 g/mol. The van der Waals surface area contributed by atoms with Crippen LogP contribution in [0.15, 0.2) is 18.2 Å². The van der Waals surface area contributed by atoms with E-state index in [0.717, 1.165) is 6.29 Å². The molecule has 0 heterocycles. The molecule has 0 saturated carbocycles. The molecule has 0 aliphatic heterocycles. The van der Waals surface area contributed by atoms with E-state index in [2.05, 4.69) is 27.8 Å². The smallest absolute Gasteiger partial charge is 0.151 e. The average Bonchev–Trinajstić information content (AvgIpc) is 2.15. The maximum absolute atomic E-state index is 10.6. The molecule has 0 saturated heterocycles. The molecule has 0 aliphatic rings. The highest BCUT2D eigenvalue weighted by molar-refractivity contribution is 9.09. The zero-order valence-electron chi connectivity index (χ0n) is 6.68. The van der Waals surface area contributed by atoms with Crippen molar-refractivity contribution in [3.8, 4) is 11.8 Å². The van der Waals surface area contributed by atoms with Gasteiger partial charge in [-0.3, -0.25) is 4.79 Å². The Labute approximate surface area is 90.2 Å². The van der Waals surface area contributed by atoms with Crippen molar-refractivity contribution in [3.05, 3.63) is 34.3 Å². The van der Waals surface area contributed by atoms with Gasteiger partial charge >= 0.3 is 0 Å². The van der Waals surface area contributed by atoms with Crippen molar-refractivity contribution in [2.24, 2.45) is 0 Å². The minimum Gasteiger partial charge on any atom is -0.298 e. The number of hydrogen-bond donors (Lipinski definition) is 0. The van der Waals surface area contributed by atoms with Crippen LogP contribution in [-0.2, 0) is 0 Å². The number of halogens is 2. The Morgan fingerprint density at radius 1 is 1.54 bits per heavy atom. The lowest BCUT2D eigenvalue weighted by Crippen LogP contribution is -1.86. The lowest BCUT2D eigenvalue weighted by molar-refractivity contribution is 0.112. The van der Waals surface area contributed by atoms with Crippen LogP contribution in [0, 0.1) is 11.8 Å². The van der Waals surface area contributed by atoms with E-state index in [-0.39, 0.29) is 0 Å². The molecule has 0 unspecified atom stereocenters. The zero-order valence-corrected chi connectivity index (χ0v) is 9.02. The van der Waals surface area contributed by atoms with Gasteiger partial charge in [0.1, 0.15) is 0 Å². The highest BCUT2D eigenvalue weighted by Crippen LogP contribution is 2.13. The lowest BCUT2D eigenvalue weighted by atomic mass is 10.1. The highest BCUT2D eigenvalue weighted by atomic mass is 79.9. The van der Waals surface area contributed by atoms with E-state index in [1.54, 1.807) is 18.2 Å². The fraction of sp³-hybridized carbons (Fsp3) is 0.100. The van der Waals surface area contributed by atoms with Gasteiger partial charge in [0.25, 0.3) is 0 Å². The van der Waals surface area contributed by atoms with E-state index >= 15 is 0 Å². The molecule has 66 valence electrons. The van der Waals surface area contributed by atoms with Gasteiger partial charge in [0.2, 0.25) is 0 Å². The summed E-state index contributed by atoms with van der Waals surface area (Å²) in [6.45, 7) is 0. The summed E-state index contributed by atoms with van der Waals surface area (Å²) in [6.07, 6.45) is 0.772. The summed E-state index contributed by atoms with van der Waals surface area (Å²) >= 11 is 8.93. The van der Waals surface area contributed by atoms with Crippen LogP contribution < -0.4 is 0 Å². The summed E-state index contributed by atoms with van der Waals surface area (Å²) < 4.78 is 0. The van der Waals surface area contributed by atoms with Gasteiger partial charge in [-0.25, -0.2) is 0 Å². The third-order valence-corrected chi connectivity index (χ3v) is 1.95. The maximum atomic E-state index is 10.6. The van der Waals surface area contributed by atoms with Crippen LogP contribution in [-0.4, -0.2) is 11.6 Å². The second-order valence-corrected chi connectivity index (χ2v) is 3.28. The number of carbonyl (C=O) groups excluding carboxylic acids is 1. The molecule has 0 bridgehead atoms. The Balaban J connectivity index is 3.15. The van der Waals surface area contributed by atoms with Crippen molar-refractivity contribution in [2.45, 2.75) is 0 Å². The number of hydrogen-bond acceptors (Lipinski definition) is 1. The number of alkyl halides is 1. The van der Waals surface area contributed by atoms with E-state index in [1.165, 1.54) is 0 Å². The Kier molecular flexibility index (Phi) is 4.01. The molecule has 0 fully saturated rings. The van der Waals surface area contributed by atoms with Crippen molar-refractivity contribution in [1.82, 2.24) is 0 Å². The topological polar surface area (TPSA) is 17.1 Å². The van der Waals surface area contributed by atoms with Crippen molar-refractivity contribution < 1.29 is 4.79 Å². The van der Waals surface area contributed by atoms with Crippen LogP contribution in [0.3, 0.4) is 0 Å². The predicted molar refractivity (Wildman–Crippen MR) is 57.5 cm³/mol. The molecular formula is C10H6BrClO. The van der Waals surface area contributed by atoms with Crippen LogP contribution in [0.5, 0.6) is 0 Å². The maximum Gasteiger partial charge on any atom is 0.151 e. The number of benzene rings is 1. The predicted octanol–water partition coefficient (Wildman–Crippen LogP) is 2.90. The summed E-state index contributed by atoms with van der Waals surface area (Å²) in [5.41, 5.74) is 1.24. The first-order valence-corrected chi connectivity index (χ1v) is 5.07. The first-order valence-electron chi connectivity index (χ1n) is 3.57. The average molecular weight is 258 g/mol. The van der Waals surface area contributed by atoms with Crippen LogP contribution in [0.2, 0.25) is 5.02 Å². The minimum absolute atomic E-state index is 0.567. The largest absolute Gasteiger partial charge is 0.298 e. The SMILES string of the molecule is O=Cc1ccc(Cl)cc1C#CCBr. The van der Waals surface area contributed by atoms with Crippen LogP contribution in [0.1, 0.15) is 15.9 Å². The lowest BCUT2D eigenvalue weighted by Gasteiger charge is -1.96. The number of carbonyl (C=O) groups is 1. The second-order valence-electron chi connectivity index (χ2n) is 2.28. The van der Waals surface area contributed by atoms with E-state index in [9.17, 15) is 4.79 Å². The molecule has 0 spiro atoms. The Bertz CT molecular complexity index is 376. The van der Waals surface area contributed by atoms with Gasteiger partial charge < -0.3 is 0 Å². The summed E-state index contributed by atoms with van der Waals surface area (Å²) in [5.74, 6) is 5.66. The molecule has 0 aliphatic carbocycles. The van der Waals surface area contributed by atoms with Crippen molar-refractivity contribution >= 4 is 33.8 Å². The van der Waals surface area contributed by atoms with Crippen molar-refractivity contribution in [1.29, 1.82) is 0 Å². The molecule has 0 N–H and O–H groups in total. The molecule has 13 heavy (non-hydrogen) atoms. The van der Waals surface area contributed by atoms with E-state index in [1.807, 2.05) is 0 Å². The quantitative estimate of drug-likeness (QED) is 0.429. The zero-order chi connectivity index (χ0) is 9.68. The summed E-state index contributed by atoms with van der Waals surface area (Å²) in [4.78, 5) is 10.6. The van der Waals surface area contributed by atoms with Crippen LogP contribution in [0.25, 0.3) is 0 Å². The van der Waals surface area contributed by atoms with Gasteiger partial charge in [0, 0.05) is 16.1 Å². The van der Waals surface area contributed by atoms with E-state index in [0.29, 0.717) is 21.5 Å². The van der Waals surface area contributed by atoms with Gasteiger partial charge in [-0.15, -0.1) is 0 Å². The molecule has 0 atom stereocenters. The standard InChI is InChI=1S/C10H6BrClO/c11-5-1-2-8-6-10(12)4-3-9(8)7-13/h3-4,6-7H,5H2. The summed E-state index contributed by atoms with van der Waals surface area (Å²) in [6, 6.07) is 5.01. The summed E-state index contributed by atoms with van der Waals surface area (Å²) in [7, 11) is 0.